The normalized spacial score (nSPS) is 18.5. The van der Waals surface area contributed by atoms with E-state index in [-0.39, 0.29) is 6.10 Å². The molecule has 1 fully saturated rings. The van der Waals surface area contributed by atoms with Gasteiger partial charge in [-0.3, -0.25) is 0 Å². The molecular weight excluding hydrogens is 236 g/mol. The first-order valence-corrected chi connectivity index (χ1v) is 6.32. The van der Waals surface area contributed by atoms with Crippen LogP contribution in [0.4, 0.5) is 0 Å². The lowest BCUT2D eigenvalue weighted by molar-refractivity contribution is 0.141. The Kier molecular flexibility index (Phi) is 4.73. The van der Waals surface area contributed by atoms with E-state index in [4.69, 9.17) is 21.1 Å². The van der Waals surface area contributed by atoms with Crippen molar-refractivity contribution in [2.24, 2.45) is 0 Å². The van der Waals surface area contributed by atoms with E-state index in [1.54, 1.807) is 0 Å². The average Bonchev–Trinajstić information content (AvgIpc) is 2.84. The van der Waals surface area contributed by atoms with Crippen molar-refractivity contribution in [2.75, 3.05) is 19.1 Å². The maximum Gasteiger partial charge on any atom is 0.135 e. The van der Waals surface area contributed by atoms with Gasteiger partial charge >= 0.3 is 0 Å². The predicted octanol–water partition coefficient (Wildman–Crippen LogP) is 2.83. The van der Waals surface area contributed by atoms with Gasteiger partial charge < -0.3 is 9.47 Å². The molecule has 3 heteroatoms. The fraction of sp³-hybridized carbons (Fsp3) is 0.429. The monoisotopic (exact) mass is 250 g/mol. The minimum atomic E-state index is 0.158. The molecule has 1 unspecified atom stereocenters. The number of benzene rings is 1. The molecule has 1 aliphatic rings. The highest BCUT2D eigenvalue weighted by Crippen LogP contribution is 2.21. The van der Waals surface area contributed by atoms with E-state index in [0.29, 0.717) is 18.9 Å². The first kappa shape index (κ1) is 12.3. The Balaban J connectivity index is 2.07. The average molecular weight is 251 g/mol. The molecule has 1 aromatic rings. The summed E-state index contributed by atoms with van der Waals surface area (Å²) in [5.41, 5.74) is 0.921. The smallest absolute Gasteiger partial charge is 0.135 e. The molecule has 0 bridgehead atoms. The molecule has 0 aliphatic carbocycles. The summed E-state index contributed by atoms with van der Waals surface area (Å²) in [7, 11) is 0. The zero-order valence-electron chi connectivity index (χ0n) is 9.62. The summed E-state index contributed by atoms with van der Waals surface area (Å²) in [6, 6.07) is 7.83. The molecule has 90 valence electrons. The van der Waals surface area contributed by atoms with Gasteiger partial charge in [-0.1, -0.05) is 24.0 Å². The number of hydrogen-bond donors (Lipinski definition) is 0. The Bertz CT molecular complexity index is 414. The van der Waals surface area contributed by atoms with Crippen LogP contribution in [0.1, 0.15) is 18.4 Å². The molecule has 0 saturated carbocycles. The van der Waals surface area contributed by atoms with Crippen LogP contribution >= 0.6 is 11.6 Å². The fourth-order valence-corrected chi connectivity index (χ4v) is 1.76. The lowest BCUT2D eigenvalue weighted by atomic mass is 10.2. The van der Waals surface area contributed by atoms with Gasteiger partial charge in [-0.15, -0.1) is 11.6 Å². The van der Waals surface area contributed by atoms with E-state index in [2.05, 4.69) is 11.8 Å². The number of alkyl halides is 1. The highest BCUT2D eigenvalue weighted by atomic mass is 35.5. The highest BCUT2D eigenvalue weighted by Gasteiger charge is 2.17. The van der Waals surface area contributed by atoms with Crippen LogP contribution in [0, 0.1) is 11.8 Å². The Morgan fingerprint density at radius 3 is 3.06 bits per heavy atom. The molecule has 2 nitrogen and oxygen atoms in total. The van der Waals surface area contributed by atoms with Crippen molar-refractivity contribution in [1.82, 2.24) is 0 Å². The maximum atomic E-state index is 5.88. The first-order valence-electron chi connectivity index (χ1n) is 5.78. The topological polar surface area (TPSA) is 18.5 Å². The zero-order chi connectivity index (χ0) is 11.9. The van der Waals surface area contributed by atoms with Gasteiger partial charge in [0, 0.05) is 18.7 Å². The molecule has 0 radical (unpaired) electrons. The van der Waals surface area contributed by atoms with Crippen molar-refractivity contribution in [2.45, 2.75) is 18.9 Å². The Morgan fingerprint density at radius 2 is 2.29 bits per heavy atom. The summed E-state index contributed by atoms with van der Waals surface area (Å²) in [4.78, 5) is 0. The number of ether oxygens (including phenoxy) is 2. The van der Waals surface area contributed by atoms with Crippen molar-refractivity contribution >= 4 is 11.6 Å². The molecular formula is C14H15ClO2. The van der Waals surface area contributed by atoms with Gasteiger partial charge in [0.2, 0.25) is 0 Å². The van der Waals surface area contributed by atoms with Crippen LogP contribution in [0.2, 0.25) is 0 Å². The SMILES string of the molecule is ClCCC#Cc1ccccc1OC1CCOC1. The van der Waals surface area contributed by atoms with E-state index >= 15 is 0 Å². The van der Waals surface area contributed by atoms with E-state index < -0.39 is 0 Å². The summed E-state index contributed by atoms with van der Waals surface area (Å²) in [5, 5.41) is 0. The Morgan fingerprint density at radius 1 is 1.41 bits per heavy atom. The molecule has 0 aromatic heterocycles. The zero-order valence-corrected chi connectivity index (χ0v) is 10.4. The fourth-order valence-electron chi connectivity index (χ4n) is 1.66. The standard InChI is InChI=1S/C14H15ClO2/c15-9-4-3-6-12-5-1-2-7-14(12)17-13-8-10-16-11-13/h1-2,5,7,13H,4,8-11H2. The Labute approximate surface area is 107 Å². The van der Waals surface area contributed by atoms with Crippen molar-refractivity contribution in [3.8, 4) is 17.6 Å². The highest BCUT2D eigenvalue weighted by molar-refractivity contribution is 6.18. The molecule has 1 heterocycles. The second kappa shape index (κ2) is 6.54. The van der Waals surface area contributed by atoms with Gasteiger partial charge in [0.1, 0.15) is 11.9 Å². The number of rotatable bonds is 3. The van der Waals surface area contributed by atoms with Crippen LogP contribution in [0.25, 0.3) is 0 Å². The minimum absolute atomic E-state index is 0.158. The van der Waals surface area contributed by atoms with Gasteiger partial charge in [0.25, 0.3) is 0 Å². The van der Waals surface area contributed by atoms with Crippen molar-refractivity contribution in [3.63, 3.8) is 0 Å². The quantitative estimate of drug-likeness (QED) is 0.607. The number of para-hydroxylation sites is 1. The van der Waals surface area contributed by atoms with E-state index in [1.165, 1.54) is 0 Å². The largest absolute Gasteiger partial charge is 0.487 e. The van der Waals surface area contributed by atoms with Gasteiger partial charge in [0.15, 0.2) is 0 Å². The minimum Gasteiger partial charge on any atom is -0.487 e. The molecule has 1 aliphatic heterocycles. The maximum absolute atomic E-state index is 5.88. The summed E-state index contributed by atoms with van der Waals surface area (Å²) < 4.78 is 11.2. The molecule has 17 heavy (non-hydrogen) atoms. The molecule has 1 saturated heterocycles. The van der Waals surface area contributed by atoms with Crippen molar-refractivity contribution in [1.29, 1.82) is 0 Å². The summed E-state index contributed by atoms with van der Waals surface area (Å²) in [6.07, 6.45) is 1.80. The number of hydrogen-bond acceptors (Lipinski definition) is 2. The summed E-state index contributed by atoms with van der Waals surface area (Å²) >= 11 is 5.59. The van der Waals surface area contributed by atoms with Crippen molar-refractivity contribution in [3.05, 3.63) is 29.8 Å². The van der Waals surface area contributed by atoms with E-state index in [1.807, 2.05) is 24.3 Å². The molecule has 1 atom stereocenters. The van der Waals surface area contributed by atoms with E-state index in [9.17, 15) is 0 Å². The third kappa shape index (κ3) is 3.66. The molecule has 0 amide bonds. The second-order valence-corrected chi connectivity index (χ2v) is 4.22. The van der Waals surface area contributed by atoms with Gasteiger partial charge in [-0.25, -0.2) is 0 Å². The Hall–Kier alpha value is -1.17. The molecule has 1 aromatic carbocycles. The third-order valence-corrected chi connectivity index (χ3v) is 2.70. The van der Waals surface area contributed by atoms with Crippen LogP contribution in [0.15, 0.2) is 24.3 Å². The third-order valence-electron chi connectivity index (χ3n) is 2.51. The van der Waals surface area contributed by atoms with Crippen molar-refractivity contribution < 1.29 is 9.47 Å². The number of halogens is 1. The molecule has 2 rings (SSSR count). The van der Waals surface area contributed by atoms with Crippen LogP contribution < -0.4 is 4.74 Å². The molecule has 0 N–H and O–H groups in total. The first-order chi connectivity index (χ1) is 8.40. The summed E-state index contributed by atoms with van der Waals surface area (Å²) in [5.74, 6) is 7.51. The van der Waals surface area contributed by atoms with Crippen LogP contribution in [-0.2, 0) is 4.74 Å². The van der Waals surface area contributed by atoms with Crippen LogP contribution in [-0.4, -0.2) is 25.2 Å². The van der Waals surface area contributed by atoms with Gasteiger partial charge in [0.05, 0.1) is 18.8 Å². The van der Waals surface area contributed by atoms with Crippen LogP contribution in [0.5, 0.6) is 5.75 Å². The lowest BCUT2D eigenvalue weighted by Gasteiger charge is -2.12. The second-order valence-electron chi connectivity index (χ2n) is 3.84. The predicted molar refractivity (Wildman–Crippen MR) is 68.5 cm³/mol. The summed E-state index contributed by atoms with van der Waals surface area (Å²) in [6.45, 7) is 1.45. The molecule has 0 spiro atoms. The van der Waals surface area contributed by atoms with Crippen LogP contribution in [0.3, 0.4) is 0 Å². The van der Waals surface area contributed by atoms with Gasteiger partial charge in [-0.05, 0) is 12.1 Å². The van der Waals surface area contributed by atoms with E-state index in [0.717, 1.165) is 24.3 Å². The van der Waals surface area contributed by atoms with Gasteiger partial charge in [-0.2, -0.15) is 0 Å². The lowest BCUT2D eigenvalue weighted by Crippen LogP contribution is -2.16.